The standard InChI is InChI=1S/C13H6N2OS/c14-7-9(8-15)5-10-6-13(17-16)12-4-2-1-3-11(10)12/h1-6H. The third-order valence-electron chi connectivity index (χ3n) is 2.42. The Kier molecular flexibility index (Phi) is 3.00. The van der Waals surface area contributed by atoms with E-state index in [-0.39, 0.29) is 5.57 Å². The Balaban J connectivity index is 2.61. The van der Waals surface area contributed by atoms with Gasteiger partial charge in [0.15, 0.2) is 0 Å². The number of hydrogen-bond donors (Lipinski definition) is 0. The number of nitrogens with zero attached hydrogens (tertiary/aromatic N) is 2. The summed E-state index contributed by atoms with van der Waals surface area (Å²) >= 11 is 0.416. The Morgan fingerprint density at radius 2 is 1.82 bits per heavy atom. The van der Waals surface area contributed by atoms with Crippen molar-refractivity contribution < 1.29 is 4.21 Å². The number of hydrogen-bond acceptors (Lipinski definition) is 3. The van der Waals surface area contributed by atoms with Crippen LogP contribution < -0.4 is 0 Å². The van der Waals surface area contributed by atoms with E-state index in [1.54, 1.807) is 6.08 Å². The van der Waals surface area contributed by atoms with E-state index < -0.39 is 0 Å². The van der Waals surface area contributed by atoms with Gasteiger partial charge in [-0.1, -0.05) is 24.3 Å². The fourth-order valence-electron chi connectivity index (χ4n) is 1.68. The zero-order chi connectivity index (χ0) is 12.3. The molecule has 0 bridgehead atoms. The molecule has 0 aromatic heterocycles. The van der Waals surface area contributed by atoms with Crippen molar-refractivity contribution in [3.05, 3.63) is 53.1 Å². The van der Waals surface area contributed by atoms with Crippen molar-refractivity contribution in [2.45, 2.75) is 0 Å². The number of rotatable bonds is 1. The van der Waals surface area contributed by atoms with Gasteiger partial charge in [0.1, 0.15) is 17.7 Å². The van der Waals surface area contributed by atoms with Gasteiger partial charge in [-0.05, 0) is 23.3 Å². The molecular formula is C13H6N2OS. The number of allylic oxidation sites excluding steroid dienone is 4. The van der Waals surface area contributed by atoms with Gasteiger partial charge in [0.25, 0.3) is 0 Å². The van der Waals surface area contributed by atoms with Gasteiger partial charge in [0.05, 0.1) is 16.1 Å². The highest BCUT2D eigenvalue weighted by molar-refractivity contribution is 7.67. The van der Waals surface area contributed by atoms with E-state index in [4.69, 9.17) is 10.5 Å². The van der Waals surface area contributed by atoms with Gasteiger partial charge >= 0.3 is 0 Å². The van der Waals surface area contributed by atoms with E-state index in [1.807, 2.05) is 36.4 Å². The fourth-order valence-corrected chi connectivity index (χ4v) is 2.12. The minimum absolute atomic E-state index is 0.0307. The molecule has 0 saturated heterocycles. The van der Waals surface area contributed by atoms with Crippen molar-refractivity contribution in [1.29, 1.82) is 10.5 Å². The average Bonchev–Trinajstić information content (AvgIpc) is 2.74. The molecule has 0 aliphatic heterocycles. The Morgan fingerprint density at radius 1 is 1.18 bits per heavy atom. The largest absolute Gasteiger partial charge is 0.212 e. The highest BCUT2D eigenvalue weighted by atomic mass is 32.1. The monoisotopic (exact) mass is 238 g/mol. The summed E-state index contributed by atoms with van der Waals surface area (Å²) in [5.74, 6) is 0. The molecule has 17 heavy (non-hydrogen) atoms. The zero-order valence-corrected chi connectivity index (χ0v) is 9.49. The molecule has 0 saturated carbocycles. The van der Waals surface area contributed by atoms with Crippen LogP contribution >= 0.6 is 0 Å². The first kappa shape index (κ1) is 11.1. The smallest absolute Gasteiger partial charge is 0.130 e. The summed E-state index contributed by atoms with van der Waals surface area (Å²) in [5, 5.41) is 17.4. The van der Waals surface area contributed by atoms with Crippen LogP contribution in [0.3, 0.4) is 0 Å². The molecule has 1 aliphatic carbocycles. The summed E-state index contributed by atoms with van der Waals surface area (Å²) in [6, 6.07) is 11.0. The van der Waals surface area contributed by atoms with Crippen LogP contribution in [0.5, 0.6) is 0 Å². The predicted octanol–water partition coefficient (Wildman–Crippen LogP) is 1.79. The SMILES string of the molecule is N#CC(C#N)=CC1=CC(=S=O)c2ccccc21. The summed E-state index contributed by atoms with van der Waals surface area (Å²) in [7, 11) is 0. The van der Waals surface area contributed by atoms with E-state index in [9.17, 15) is 4.21 Å². The van der Waals surface area contributed by atoms with Crippen LogP contribution in [0, 0.1) is 22.7 Å². The lowest BCUT2D eigenvalue weighted by molar-refractivity contribution is 0.701. The molecule has 0 amide bonds. The minimum Gasteiger partial charge on any atom is -0.212 e. The lowest BCUT2D eigenvalue weighted by atomic mass is 10.0. The molecule has 0 atom stereocenters. The fraction of sp³-hybridized carbons (Fsp3) is 0. The maximum atomic E-state index is 10.9. The molecule has 1 aromatic rings. The van der Waals surface area contributed by atoms with E-state index in [1.165, 1.54) is 6.08 Å². The van der Waals surface area contributed by atoms with Gasteiger partial charge < -0.3 is 0 Å². The Bertz CT molecular complexity index is 664. The second-order valence-electron chi connectivity index (χ2n) is 3.37. The van der Waals surface area contributed by atoms with Crippen LogP contribution in [0.25, 0.3) is 5.57 Å². The summed E-state index contributed by atoms with van der Waals surface area (Å²) < 4.78 is 10.9. The van der Waals surface area contributed by atoms with Crippen molar-refractivity contribution >= 4 is 21.7 Å². The van der Waals surface area contributed by atoms with Crippen molar-refractivity contribution in [2.24, 2.45) is 0 Å². The van der Waals surface area contributed by atoms with Gasteiger partial charge in [-0.2, -0.15) is 10.5 Å². The van der Waals surface area contributed by atoms with Crippen molar-refractivity contribution in [3.63, 3.8) is 0 Å². The van der Waals surface area contributed by atoms with E-state index in [0.29, 0.717) is 16.1 Å². The summed E-state index contributed by atoms with van der Waals surface area (Å²) in [5.41, 5.74) is 2.50. The molecule has 80 valence electrons. The molecule has 0 spiro atoms. The van der Waals surface area contributed by atoms with Gasteiger partial charge in [-0.15, -0.1) is 0 Å². The number of fused-ring (bicyclic) bond motifs is 1. The highest BCUT2D eigenvalue weighted by Gasteiger charge is 2.17. The van der Waals surface area contributed by atoms with Crippen LogP contribution in [-0.2, 0) is 11.3 Å². The lowest BCUT2D eigenvalue weighted by Gasteiger charge is -1.99. The van der Waals surface area contributed by atoms with Crippen LogP contribution in [0.4, 0.5) is 0 Å². The van der Waals surface area contributed by atoms with Gasteiger partial charge in [-0.3, -0.25) is 0 Å². The van der Waals surface area contributed by atoms with Gasteiger partial charge in [0.2, 0.25) is 0 Å². The minimum atomic E-state index is 0.0307. The molecule has 1 aromatic carbocycles. The summed E-state index contributed by atoms with van der Waals surface area (Å²) in [6.07, 6.45) is 3.21. The molecule has 3 nitrogen and oxygen atoms in total. The maximum absolute atomic E-state index is 10.9. The van der Waals surface area contributed by atoms with Crippen LogP contribution in [0.2, 0.25) is 0 Å². The summed E-state index contributed by atoms with van der Waals surface area (Å²) in [4.78, 5) is 0.613. The van der Waals surface area contributed by atoms with Crippen LogP contribution in [-0.4, -0.2) is 9.07 Å². The van der Waals surface area contributed by atoms with E-state index in [0.717, 1.165) is 16.7 Å². The zero-order valence-electron chi connectivity index (χ0n) is 8.68. The first-order valence-corrected chi connectivity index (χ1v) is 5.54. The average molecular weight is 238 g/mol. The van der Waals surface area contributed by atoms with Crippen molar-refractivity contribution in [1.82, 2.24) is 0 Å². The maximum Gasteiger partial charge on any atom is 0.130 e. The normalized spacial score (nSPS) is 11.9. The van der Waals surface area contributed by atoms with Crippen LogP contribution in [0.15, 0.2) is 42.0 Å². The lowest BCUT2D eigenvalue weighted by Crippen LogP contribution is -1.91. The third-order valence-corrected chi connectivity index (χ3v) is 2.94. The van der Waals surface area contributed by atoms with E-state index >= 15 is 0 Å². The Morgan fingerprint density at radius 3 is 2.41 bits per heavy atom. The number of benzene rings is 1. The molecular weight excluding hydrogens is 232 g/mol. The highest BCUT2D eigenvalue weighted by Crippen LogP contribution is 2.28. The molecule has 0 fully saturated rings. The molecule has 0 unspecified atom stereocenters. The molecule has 0 heterocycles. The van der Waals surface area contributed by atoms with Crippen LogP contribution in [0.1, 0.15) is 11.1 Å². The Hall–Kier alpha value is -2.43. The van der Waals surface area contributed by atoms with Gasteiger partial charge in [-0.25, -0.2) is 4.21 Å². The predicted molar refractivity (Wildman–Crippen MR) is 66.0 cm³/mol. The molecule has 1 aliphatic rings. The summed E-state index contributed by atoms with van der Waals surface area (Å²) in [6.45, 7) is 0. The second-order valence-corrected chi connectivity index (χ2v) is 3.98. The quantitative estimate of drug-likeness (QED) is 0.553. The molecule has 0 N–H and O–H groups in total. The first-order chi connectivity index (χ1) is 8.30. The third kappa shape index (κ3) is 1.94. The Labute approximate surface area is 102 Å². The molecule has 4 heteroatoms. The topological polar surface area (TPSA) is 64.7 Å². The van der Waals surface area contributed by atoms with Crippen molar-refractivity contribution in [3.8, 4) is 12.1 Å². The first-order valence-electron chi connectivity index (χ1n) is 4.80. The van der Waals surface area contributed by atoms with Crippen molar-refractivity contribution in [2.75, 3.05) is 0 Å². The molecule has 2 rings (SSSR count). The number of nitriles is 2. The van der Waals surface area contributed by atoms with E-state index in [2.05, 4.69) is 0 Å². The van der Waals surface area contributed by atoms with Gasteiger partial charge in [0, 0.05) is 5.56 Å². The molecule has 0 radical (unpaired) electrons. The second kappa shape index (κ2) is 4.61.